The highest BCUT2D eigenvalue weighted by Crippen LogP contribution is 2.42. The molecule has 1 fully saturated rings. The molecule has 1 aliphatic carbocycles. The maximum Gasteiger partial charge on any atom is 0.0797 e. The highest BCUT2D eigenvalue weighted by Gasteiger charge is 2.30. The summed E-state index contributed by atoms with van der Waals surface area (Å²) in [5, 5.41) is 1.34. The summed E-state index contributed by atoms with van der Waals surface area (Å²) in [6.45, 7) is 0.894. The molecule has 1 saturated heterocycles. The van der Waals surface area contributed by atoms with Gasteiger partial charge in [0.25, 0.3) is 0 Å². The van der Waals surface area contributed by atoms with Crippen LogP contribution in [0.5, 0.6) is 0 Å². The minimum atomic E-state index is 0.272. The van der Waals surface area contributed by atoms with Crippen molar-refractivity contribution in [1.82, 2.24) is 4.98 Å². The minimum absolute atomic E-state index is 0.272. The average molecular weight is 315 g/mol. The van der Waals surface area contributed by atoms with Gasteiger partial charge < -0.3 is 9.72 Å². The van der Waals surface area contributed by atoms with Crippen LogP contribution >= 0.6 is 0 Å². The van der Waals surface area contributed by atoms with Crippen molar-refractivity contribution in [1.29, 1.82) is 0 Å². The Morgan fingerprint density at radius 3 is 2.67 bits per heavy atom. The lowest BCUT2D eigenvalue weighted by Gasteiger charge is -2.27. The Labute approximate surface area is 142 Å². The molecule has 0 saturated carbocycles. The second-order valence-corrected chi connectivity index (χ2v) is 6.79. The van der Waals surface area contributed by atoms with Crippen molar-refractivity contribution in [2.24, 2.45) is 0 Å². The van der Waals surface area contributed by atoms with Crippen LogP contribution < -0.4 is 0 Å². The number of aromatic amines is 1. The molecule has 1 aromatic heterocycles. The Hall–Kier alpha value is -2.32. The molecule has 2 heterocycles. The van der Waals surface area contributed by atoms with Crippen molar-refractivity contribution in [2.75, 3.05) is 6.61 Å². The molecule has 0 amide bonds. The molecular formula is C22H21NO. The van der Waals surface area contributed by atoms with Gasteiger partial charge in [0.05, 0.1) is 6.10 Å². The average Bonchev–Trinajstić information content (AvgIpc) is 2.92. The topological polar surface area (TPSA) is 25.0 Å². The molecule has 120 valence electrons. The standard InChI is InChI=1S/C22H21NO/c1-2-7-15(8-3-1)21-17-10-6-14-24-20(17)13-12-19-22(21)16-9-4-5-11-18(16)23-19/h1-5,7-9,11,20,23H,6,10,12-14H2. The van der Waals surface area contributed by atoms with Crippen LogP contribution in [0.1, 0.15) is 36.1 Å². The van der Waals surface area contributed by atoms with Gasteiger partial charge in [0.2, 0.25) is 0 Å². The normalized spacial score (nSPS) is 20.6. The highest BCUT2D eigenvalue weighted by atomic mass is 16.5. The van der Waals surface area contributed by atoms with Gasteiger partial charge in [-0.15, -0.1) is 0 Å². The molecule has 0 radical (unpaired) electrons. The first kappa shape index (κ1) is 14.1. The SMILES string of the molecule is c1ccc(C2=C3CCCOC3CCc3[nH]c4ccccc4c32)cc1. The summed E-state index contributed by atoms with van der Waals surface area (Å²) in [6, 6.07) is 19.5. The second kappa shape index (κ2) is 5.64. The summed E-state index contributed by atoms with van der Waals surface area (Å²) in [5.41, 5.74) is 8.23. The highest BCUT2D eigenvalue weighted by molar-refractivity contribution is 5.99. The van der Waals surface area contributed by atoms with Crippen molar-refractivity contribution in [3.05, 3.63) is 77.0 Å². The van der Waals surface area contributed by atoms with E-state index in [-0.39, 0.29) is 6.10 Å². The van der Waals surface area contributed by atoms with E-state index in [0.717, 1.165) is 32.3 Å². The zero-order chi connectivity index (χ0) is 15.9. The molecule has 2 heteroatoms. The second-order valence-electron chi connectivity index (χ2n) is 6.79. The van der Waals surface area contributed by atoms with Crippen LogP contribution in [-0.2, 0) is 11.2 Å². The van der Waals surface area contributed by atoms with Crippen LogP contribution in [0.3, 0.4) is 0 Å². The Bertz CT molecular complexity index is 920. The number of nitrogens with one attached hydrogen (secondary N) is 1. The van der Waals surface area contributed by atoms with Gasteiger partial charge in [-0.2, -0.15) is 0 Å². The van der Waals surface area contributed by atoms with Crippen molar-refractivity contribution >= 4 is 16.5 Å². The third kappa shape index (κ3) is 2.14. The van der Waals surface area contributed by atoms with E-state index in [4.69, 9.17) is 4.74 Å². The number of aromatic nitrogens is 1. The molecule has 0 bridgehead atoms. The van der Waals surface area contributed by atoms with E-state index in [0.29, 0.717) is 0 Å². The molecule has 0 spiro atoms. The molecule has 1 atom stereocenters. The lowest BCUT2D eigenvalue weighted by molar-refractivity contribution is 0.0489. The van der Waals surface area contributed by atoms with Crippen molar-refractivity contribution in [3.63, 3.8) is 0 Å². The number of benzene rings is 2. The van der Waals surface area contributed by atoms with Crippen molar-refractivity contribution in [2.45, 2.75) is 31.8 Å². The molecule has 24 heavy (non-hydrogen) atoms. The first-order chi connectivity index (χ1) is 11.9. The van der Waals surface area contributed by atoms with Gasteiger partial charge in [-0.05, 0) is 48.5 Å². The van der Waals surface area contributed by atoms with E-state index in [2.05, 4.69) is 59.6 Å². The summed E-state index contributed by atoms with van der Waals surface area (Å²) in [6.07, 6.45) is 4.67. The molecule has 3 aromatic rings. The van der Waals surface area contributed by atoms with Crippen molar-refractivity contribution < 1.29 is 4.74 Å². The summed E-state index contributed by atoms with van der Waals surface area (Å²) in [5.74, 6) is 0. The van der Waals surface area contributed by atoms with E-state index in [1.54, 1.807) is 0 Å². The van der Waals surface area contributed by atoms with E-state index in [1.165, 1.54) is 38.9 Å². The van der Waals surface area contributed by atoms with Gasteiger partial charge in [-0.25, -0.2) is 0 Å². The van der Waals surface area contributed by atoms with Gasteiger partial charge in [0.15, 0.2) is 0 Å². The molecule has 1 N–H and O–H groups in total. The van der Waals surface area contributed by atoms with E-state index in [1.807, 2.05) is 0 Å². The Morgan fingerprint density at radius 2 is 1.75 bits per heavy atom. The van der Waals surface area contributed by atoms with Crippen LogP contribution in [0.15, 0.2) is 60.2 Å². The summed E-state index contributed by atoms with van der Waals surface area (Å²) >= 11 is 0. The Balaban J connectivity index is 1.85. The number of aryl methyl sites for hydroxylation is 1. The largest absolute Gasteiger partial charge is 0.374 e. The van der Waals surface area contributed by atoms with Crippen molar-refractivity contribution in [3.8, 4) is 0 Å². The van der Waals surface area contributed by atoms with Gasteiger partial charge >= 0.3 is 0 Å². The van der Waals surface area contributed by atoms with Gasteiger partial charge in [0, 0.05) is 28.8 Å². The molecular weight excluding hydrogens is 294 g/mol. The smallest absolute Gasteiger partial charge is 0.0797 e. The molecule has 2 aromatic carbocycles. The van der Waals surface area contributed by atoms with E-state index >= 15 is 0 Å². The molecule has 1 unspecified atom stereocenters. The predicted molar refractivity (Wildman–Crippen MR) is 98.1 cm³/mol. The predicted octanol–water partition coefficient (Wildman–Crippen LogP) is 5.10. The summed E-state index contributed by atoms with van der Waals surface area (Å²) < 4.78 is 6.15. The number of ether oxygens (including phenoxy) is 1. The zero-order valence-corrected chi connectivity index (χ0v) is 13.7. The maximum absolute atomic E-state index is 6.15. The first-order valence-corrected chi connectivity index (χ1v) is 8.92. The maximum atomic E-state index is 6.15. The zero-order valence-electron chi connectivity index (χ0n) is 13.7. The lowest BCUT2D eigenvalue weighted by atomic mass is 9.87. The van der Waals surface area contributed by atoms with Crippen LogP contribution in [-0.4, -0.2) is 17.7 Å². The van der Waals surface area contributed by atoms with Crippen LogP contribution in [0.25, 0.3) is 16.5 Å². The summed E-state index contributed by atoms with van der Waals surface area (Å²) in [7, 11) is 0. The molecule has 1 aliphatic heterocycles. The fourth-order valence-corrected chi connectivity index (χ4v) is 4.33. The van der Waals surface area contributed by atoms with Gasteiger partial charge in [-0.3, -0.25) is 0 Å². The van der Waals surface area contributed by atoms with Crippen LogP contribution in [0, 0.1) is 0 Å². The van der Waals surface area contributed by atoms with Gasteiger partial charge in [-0.1, -0.05) is 48.5 Å². The number of H-pyrrole nitrogens is 1. The fraction of sp³-hybridized carbons (Fsp3) is 0.273. The first-order valence-electron chi connectivity index (χ1n) is 8.92. The van der Waals surface area contributed by atoms with Crippen LogP contribution in [0.4, 0.5) is 0 Å². The Morgan fingerprint density at radius 1 is 0.917 bits per heavy atom. The minimum Gasteiger partial charge on any atom is -0.374 e. The molecule has 2 aliphatic rings. The molecule has 2 nitrogen and oxygen atoms in total. The van der Waals surface area contributed by atoms with E-state index in [9.17, 15) is 0 Å². The third-order valence-electron chi connectivity index (χ3n) is 5.37. The Kier molecular flexibility index (Phi) is 3.30. The number of rotatable bonds is 1. The monoisotopic (exact) mass is 315 g/mol. The summed E-state index contributed by atoms with van der Waals surface area (Å²) in [4.78, 5) is 3.68. The van der Waals surface area contributed by atoms with E-state index < -0.39 is 0 Å². The number of hydrogen-bond donors (Lipinski definition) is 1. The van der Waals surface area contributed by atoms with Crippen LogP contribution in [0.2, 0.25) is 0 Å². The number of fused-ring (bicyclic) bond motifs is 4. The lowest BCUT2D eigenvalue weighted by Crippen LogP contribution is -2.23. The number of para-hydroxylation sites is 1. The third-order valence-corrected chi connectivity index (χ3v) is 5.37. The number of hydrogen-bond acceptors (Lipinski definition) is 1. The fourth-order valence-electron chi connectivity index (χ4n) is 4.33. The molecule has 5 rings (SSSR count). The quantitative estimate of drug-likeness (QED) is 0.664. The van der Waals surface area contributed by atoms with Gasteiger partial charge in [0.1, 0.15) is 0 Å².